The lowest BCUT2D eigenvalue weighted by Crippen LogP contribution is -2.58. The fourth-order valence-electron chi connectivity index (χ4n) is 3.42. The van der Waals surface area contributed by atoms with E-state index in [9.17, 15) is 14.0 Å². The summed E-state index contributed by atoms with van der Waals surface area (Å²) in [6.45, 7) is 2.13. The summed E-state index contributed by atoms with van der Waals surface area (Å²) in [5.41, 5.74) is 0.647. The van der Waals surface area contributed by atoms with E-state index in [1.54, 1.807) is 11.0 Å². The molecule has 0 radical (unpaired) electrons. The summed E-state index contributed by atoms with van der Waals surface area (Å²) >= 11 is 0. The van der Waals surface area contributed by atoms with Crippen molar-refractivity contribution in [3.8, 4) is 0 Å². The molecular weight excluding hydrogens is 313 g/mol. The number of aromatic nitrogens is 2. The number of carbonyl (C=O) groups is 2. The minimum Gasteiger partial charge on any atom is -0.336 e. The summed E-state index contributed by atoms with van der Waals surface area (Å²) in [7, 11) is 2.00. The Morgan fingerprint density at radius 1 is 1.38 bits per heavy atom. The molecule has 1 aromatic carbocycles. The molecule has 24 heavy (non-hydrogen) atoms. The second kappa shape index (κ2) is 5.55. The normalized spacial score (nSPS) is 22.2. The van der Waals surface area contributed by atoms with Crippen molar-refractivity contribution in [1.29, 1.82) is 0 Å². The number of benzene rings is 1. The van der Waals surface area contributed by atoms with E-state index in [-0.39, 0.29) is 24.3 Å². The molecule has 0 aliphatic carbocycles. The highest BCUT2D eigenvalue weighted by atomic mass is 19.1. The first-order chi connectivity index (χ1) is 11.5. The molecule has 4 rings (SSSR count). The maximum Gasteiger partial charge on any atom is 0.231 e. The van der Waals surface area contributed by atoms with Crippen LogP contribution in [0.15, 0.2) is 18.2 Å². The van der Waals surface area contributed by atoms with Crippen LogP contribution in [-0.2, 0) is 9.59 Å². The van der Waals surface area contributed by atoms with Gasteiger partial charge >= 0.3 is 0 Å². The molecule has 2 aromatic rings. The fraction of sp³-hybridized carbons (Fsp3) is 0.438. The van der Waals surface area contributed by atoms with Gasteiger partial charge < -0.3 is 15.1 Å². The Bertz CT molecular complexity index is 814. The topological polar surface area (TPSA) is 81.3 Å². The lowest BCUT2D eigenvalue weighted by atomic mass is 10.1. The van der Waals surface area contributed by atoms with E-state index in [1.807, 2.05) is 7.05 Å². The first-order valence-corrected chi connectivity index (χ1v) is 7.94. The van der Waals surface area contributed by atoms with Crippen LogP contribution in [-0.4, -0.2) is 64.5 Å². The first-order valence-electron chi connectivity index (χ1n) is 7.94. The highest BCUT2D eigenvalue weighted by Crippen LogP contribution is 2.27. The van der Waals surface area contributed by atoms with Crippen LogP contribution < -0.4 is 5.32 Å². The summed E-state index contributed by atoms with van der Waals surface area (Å²) in [5.74, 6) is -0.731. The second-order valence-corrected chi connectivity index (χ2v) is 6.57. The summed E-state index contributed by atoms with van der Waals surface area (Å²) in [5, 5.41) is 10.0. The van der Waals surface area contributed by atoms with Gasteiger partial charge in [-0.3, -0.25) is 14.7 Å². The molecule has 2 aliphatic heterocycles. The molecule has 126 valence electrons. The number of rotatable bonds is 3. The number of halogens is 1. The predicted octanol–water partition coefficient (Wildman–Crippen LogP) is 0.803. The number of carbonyl (C=O) groups excluding carboxylic acids is 2. The van der Waals surface area contributed by atoms with Crippen LogP contribution in [0.25, 0.3) is 10.9 Å². The molecule has 0 bridgehead atoms. The summed E-state index contributed by atoms with van der Waals surface area (Å²) < 4.78 is 13.4. The quantitative estimate of drug-likeness (QED) is 0.872. The maximum absolute atomic E-state index is 13.4. The Morgan fingerprint density at radius 3 is 2.92 bits per heavy atom. The highest BCUT2D eigenvalue weighted by Gasteiger charge is 2.41. The van der Waals surface area contributed by atoms with Crippen molar-refractivity contribution < 1.29 is 14.0 Å². The number of hydrogen-bond acceptors (Lipinski definition) is 4. The number of H-pyrrole nitrogens is 1. The van der Waals surface area contributed by atoms with Gasteiger partial charge in [-0.1, -0.05) is 0 Å². The van der Waals surface area contributed by atoms with E-state index < -0.39 is 11.7 Å². The van der Waals surface area contributed by atoms with Crippen molar-refractivity contribution in [3.63, 3.8) is 0 Å². The molecule has 0 spiro atoms. The largest absolute Gasteiger partial charge is 0.336 e. The number of aromatic amines is 1. The number of likely N-dealkylation sites (N-methyl/N-ethyl adjacent to an activating group) is 1. The standard InChI is InChI=1S/C16H18FN5O2/c1-21-7-11(8-21)22-6-9(4-14(22)23)16(24)18-15-12-5-10(17)2-3-13(12)19-20-15/h2-3,5,9,11H,4,6-8H2,1H3,(H2,18,19,20,24). The van der Waals surface area contributed by atoms with Crippen LogP contribution in [0.3, 0.4) is 0 Å². The molecule has 1 unspecified atom stereocenters. The molecule has 1 aromatic heterocycles. The van der Waals surface area contributed by atoms with Gasteiger partial charge in [-0.15, -0.1) is 0 Å². The van der Waals surface area contributed by atoms with Gasteiger partial charge in [0.25, 0.3) is 0 Å². The van der Waals surface area contributed by atoms with E-state index in [2.05, 4.69) is 20.4 Å². The molecule has 2 N–H and O–H groups in total. The van der Waals surface area contributed by atoms with Crippen molar-refractivity contribution in [3.05, 3.63) is 24.0 Å². The van der Waals surface area contributed by atoms with Gasteiger partial charge in [0.15, 0.2) is 5.82 Å². The third-order valence-corrected chi connectivity index (χ3v) is 4.78. The molecule has 8 heteroatoms. The molecule has 2 amide bonds. The Kier molecular flexibility index (Phi) is 3.49. The van der Waals surface area contributed by atoms with Crippen LogP contribution in [0.2, 0.25) is 0 Å². The Labute approximate surface area is 137 Å². The molecule has 1 atom stereocenters. The van der Waals surface area contributed by atoms with Crippen LogP contribution in [0, 0.1) is 11.7 Å². The molecule has 0 saturated carbocycles. The zero-order chi connectivity index (χ0) is 16.8. The number of likely N-dealkylation sites (tertiary alicyclic amines) is 2. The first kappa shape index (κ1) is 15.1. The molecular formula is C16H18FN5O2. The van der Waals surface area contributed by atoms with Crippen LogP contribution >= 0.6 is 0 Å². The second-order valence-electron chi connectivity index (χ2n) is 6.57. The Hall–Kier alpha value is -2.48. The number of amides is 2. The van der Waals surface area contributed by atoms with Crippen molar-refractivity contribution in [2.45, 2.75) is 12.5 Å². The van der Waals surface area contributed by atoms with Gasteiger partial charge in [0.05, 0.1) is 17.5 Å². The van der Waals surface area contributed by atoms with Crippen molar-refractivity contribution in [2.75, 3.05) is 32.0 Å². The minimum absolute atomic E-state index is 0.0196. The van der Waals surface area contributed by atoms with Gasteiger partial charge in [-0.05, 0) is 25.2 Å². The predicted molar refractivity (Wildman–Crippen MR) is 85.8 cm³/mol. The van der Waals surface area contributed by atoms with Crippen molar-refractivity contribution in [2.24, 2.45) is 5.92 Å². The van der Waals surface area contributed by atoms with Crippen LogP contribution in [0.5, 0.6) is 0 Å². The molecule has 7 nitrogen and oxygen atoms in total. The number of anilines is 1. The third kappa shape index (κ3) is 2.52. The summed E-state index contributed by atoms with van der Waals surface area (Å²) in [6.07, 6.45) is 0.211. The minimum atomic E-state index is -0.399. The number of fused-ring (bicyclic) bond motifs is 1. The summed E-state index contributed by atoms with van der Waals surface area (Å²) in [6, 6.07) is 4.43. The van der Waals surface area contributed by atoms with Crippen LogP contribution in [0.4, 0.5) is 10.2 Å². The lowest BCUT2D eigenvalue weighted by Gasteiger charge is -2.42. The van der Waals surface area contributed by atoms with Crippen LogP contribution in [0.1, 0.15) is 6.42 Å². The Balaban J connectivity index is 1.46. The zero-order valence-corrected chi connectivity index (χ0v) is 13.3. The van der Waals surface area contributed by atoms with E-state index in [0.717, 1.165) is 13.1 Å². The molecule has 2 saturated heterocycles. The average Bonchev–Trinajstić information content (AvgIpc) is 3.08. The van der Waals surface area contributed by atoms with Gasteiger partial charge in [0.1, 0.15) is 5.82 Å². The van der Waals surface area contributed by atoms with E-state index in [1.165, 1.54) is 12.1 Å². The lowest BCUT2D eigenvalue weighted by molar-refractivity contribution is -0.132. The molecule has 3 heterocycles. The highest BCUT2D eigenvalue weighted by molar-refractivity contribution is 6.02. The summed E-state index contributed by atoms with van der Waals surface area (Å²) in [4.78, 5) is 28.6. The SMILES string of the molecule is CN1CC(N2CC(C(=O)Nc3n[nH]c4ccc(F)cc34)CC2=O)C1. The zero-order valence-electron chi connectivity index (χ0n) is 13.3. The fourth-order valence-corrected chi connectivity index (χ4v) is 3.42. The van der Waals surface area contributed by atoms with Gasteiger partial charge in [0, 0.05) is 31.4 Å². The van der Waals surface area contributed by atoms with E-state index >= 15 is 0 Å². The van der Waals surface area contributed by atoms with Gasteiger partial charge in [-0.25, -0.2) is 4.39 Å². The molecule has 2 aliphatic rings. The van der Waals surface area contributed by atoms with Crippen molar-refractivity contribution >= 4 is 28.5 Å². The third-order valence-electron chi connectivity index (χ3n) is 4.78. The maximum atomic E-state index is 13.4. The molecule has 2 fully saturated rings. The van der Waals surface area contributed by atoms with Gasteiger partial charge in [0.2, 0.25) is 11.8 Å². The smallest absolute Gasteiger partial charge is 0.231 e. The van der Waals surface area contributed by atoms with E-state index in [0.29, 0.717) is 23.3 Å². The number of hydrogen-bond donors (Lipinski definition) is 2. The Morgan fingerprint density at radius 2 is 2.17 bits per heavy atom. The monoisotopic (exact) mass is 331 g/mol. The van der Waals surface area contributed by atoms with Crippen molar-refractivity contribution in [1.82, 2.24) is 20.0 Å². The number of nitrogens with one attached hydrogen (secondary N) is 2. The number of nitrogens with zero attached hydrogens (tertiary/aromatic N) is 3. The van der Waals surface area contributed by atoms with E-state index in [4.69, 9.17) is 0 Å². The average molecular weight is 331 g/mol. The van der Waals surface area contributed by atoms with Gasteiger partial charge in [-0.2, -0.15) is 5.10 Å².